The number of nitrogen functional groups attached to an aromatic ring is 1. The first-order valence-electron chi connectivity index (χ1n) is 9.43. The first-order chi connectivity index (χ1) is 14.6. The highest BCUT2D eigenvalue weighted by Crippen LogP contribution is 2.31. The number of rotatable bonds is 3. The maximum Gasteiger partial charge on any atom is 0.190 e. The van der Waals surface area contributed by atoms with Gasteiger partial charge in [0.05, 0.1) is 5.56 Å². The van der Waals surface area contributed by atoms with E-state index in [1.807, 2.05) is 12.1 Å². The normalized spacial score (nSPS) is 13.3. The van der Waals surface area contributed by atoms with Crippen molar-refractivity contribution in [3.05, 3.63) is 71.4 Å². The highest BCUT2D eigenvalue weighted by atomic mass is 19.2. The fourth-order valence-corrected chi connectivity index (χ4v) is 3.64. The van der Waals surface area contributed by atoms with Crippen molar-refractivity contribution >= 4 is 5.82 Å². The molecule has 0 atom stereocenters. The second-order valence-corrected chi connectivity index (χ2v) is 7.05. The molecule has 0 saturated carbocycles. The van der Waals surface area contributed by atoms with Crippen LogP contribution in [0.15, 0.2) is 48.7 Å². The average molecular weight is 405 g/mol. The molecule has 0 bridgehead atoms. The van der Waals surface area contributed by atoms with Gasteiger partial charge in [0.2, 0.25) is 0 Å². The lowest BCUT2D eigenvalue weighted by Crippen LogP contribution is -2.23. The Bertz CT molecular complexity index is 1250. The smallest absolute Gasteiger partial charge is 0.190 e. The summed E-state index contributed by atoms with van der Waals surface area (Å²) >= 11 is 0. The van der Waals surface area contributed by atoms with Gasteiger partial charge in [-0.15, -0.1) is 5.10 Å². The molecule has 5 rings (SSSR count). The topological polar surface area (TPSA) is 94.5 Å². The van der Waals surface area contributed by atoms with Gasteiger partial charge in [0, 0.05) is 18.3 Å². The number of tetrazole rings is 1. The number of halogens is 2. The van der Waals surface area contributed by atoms with Crippen LogP contribution >= 0.6 is 0 Å². The summed E-state index contributed by atoms with van der Waals surface area (Å²) in [5, 5.41) is 14.8. The van der Waals surface area contributed by atoms with Crippen LogP contribution in [0.4, 0.5) is 14.6 Å². The van der Waals surface area contributed by atoms with E-state index in [1.54, 1.807) is 6.20 Å². The van der Waals surface area contributed by atoms with Gasteiger partial charge in [0.1, 0.15) is 11.5 Å². The second kappa shape index (κ2) is 7.27. The maximum atomic E-state index is 14.3. The average Bonchev–Trinajstić information content (AvgIpc) is 3.25. The standard InChI is InChI=1S/C21H17F2N7/c22-17-2-1-3-18(19(17)23)30-21(27-28-29-30)16-9-15(11-26-20(16)24)12-4-5-14-10-25-7-6-13(14)8-12/h1-5,8-9,11,25H,6-7,10H2,(H2,24,26). The second-order valence-electron chi connectivity index (χ2n) is 7.05. The van der Waals surface area contributed by atoms with Crippen molar-refractivity contribution in [3.8, 4) is 28.2 Å². The molecule has 150 valence electrons. The summed E-state index contributed by atoms with van der Waals surface area (Å²) in [4.78, 5) is 4.29. The van der Waals surface area contributed by atoms with Crippen LogP contribution in [0.1, 0.15) is 11.1 Å². The largest absolute Gasteiger partial charge is 0.383 e. The number of aromatic nitrogens is 5. The van der Waals surface area contributed by atoms with Crippen molar-refractivity contribution in [1.82, 2.24) is 30.5 Å². The van der Waals surface area contributed by atoms with E-state index in [9.17, 15) is 8.78 Å². The Morgan fingerprint density at radius 3 is 2.83 bits per heavy atom. The van der Waals surface area contributed by atoms with Crippen LogP contribution in [0.3, 0.4) is 0 Å². The molecule has 30 heavy (non-hydrogen) atoms. The predicted molar refractivity (Wildman–Crippen MR) is 108 cm³/mol. The quantitative estimate of drug-likeness (QED) is 0.544. The summed E-state index contributed by atoms with van der Waals surface area (Å²) in [7, 11) is 0. The number of nitrogens with one attached hydrogen (secondary N) is 1. The molecule has 1 aliphatic heterocycles. The third-order valence-corrected chi connectivity index (χ3v) is 5.21. The molecule has 0 radical (unpaired) electrons. The number of nitrogens with zero attached hydrogens (tertiary/aromatic N) is 5. The summed E-state index contributed by atoms with van der Waals surface area (Å²) in [5.41, 5.74) is 10.8. The monoisotopic (exact) mass is 405 g/mol. The van der Waals surface area contributed by atoms with Gasteiger partial charge < -0.3 is 11.1 Å². The zero-order valence-electron chi connectivity index (χ0n) is 15.8. The summed E-state index contributed by atoms with van der Waals surface area (Å²) in [6.07, 6.45) is 2.63. The third kappa shape index (κ3) is 3.09. The van der Waals surface area contributed by atoms with E-state index in [0.29, 0.717) is 5.56 Å². The van der Waals surface area contributed by atoms with Gasteiger partial charge in [0.15, 0.2) is 17.5 Å². The Hall–Kier alpha value is -3.72. The van der Waals surface area contributed by atoms with Gasteiger partial charge in [-0.2, -0.15) is 4.68 Å². The number of benzene rings is 2. The first-order valence-corrected chi connectivity index (χ1v) is 9.43. The number of nitrogens with two attached hydrogens (primary N) is 1. The van der Waals surface area contributed by atoms with Gasteiger partial charge in [-0.25, -0.2) is 13.8 Å². The summed E-state index contributed by atoms with van der Waals surface area (Å²) in [6, 6.07) is 11.9. The summed E-state index contributed by atoms with van der Waals surface area (Å²) < 4.78 is 29.2. The lowest BCUT2D eigenvalue weighted by Gasteiger charge is -2.18. The van der Waals surface area contributed by atoms with Gasteiger partial charge in [-0.3, -0.25) is 0 Å². The van der Waals surface area contributed by atoms with Crippen LogP contribution in [0.5, 0.6) is 0 Å². The van der Waals surface area contributed by atoms with Crippen LogP contribution < -0.4 is 11.1 Å². The molecule has 1 aliphatic rings. The molecular formula is C21H17F2N7. The SMILES string of the molecule is Nc1ncc(-c2ccc3c(c2)CCNC3)cc1-c1nnnn1-c1cccc(F)c1F. The van der Waals surface area contributed by atoms with E-state index in [0.717, 1.165) is 41.4 Å². The van der Waals surface area contributed by atoms with E-state index >= 15 is 0 Å². The molecule has 0 saturated heterocycles. The molecule has 2 aromatic heterocycles. The molecule has 0 spiro atoms. The molecule has 4 aromatic rings. The van der Waals surface area contributed by atoms with Crippen molar-refractivity contribution in [2.75, 3.05) is 12.3 Å². The van der Waals surface area contributed by atoms with Gasteiger partial charge in [-0.1, -0.05) is 24.3 Å². The Morgan fingerprint density at radius 2 is 1.93 bits per heavy atom. The van der Waals surface area contributed by atoms with Gasteiger partial charge >= 0.3 is 0 Å². The maximum absolute atomic E-state index is 14.3. The van der Waals surface area contributed by atoms with E-state index < -0.39 is 11.6 Å². The van der Waals surface area contributed by atoms with E-state index in [2.05, 4.69) is 38.0 Å². The number of hydrogen-bond donors (Lipinski definition) is 2. The molecular weight excluding hydrogens is 388 g/mol. The lowest BCUT2D eigenvalue weighted by atomic mass is 9.95. The molecule has 9 heteroatoms. The zero-order valence-corrected chi connectivity index (χ0v) is 15.8. The summed E-state index contributed by atoms with van der Waals surface area (Å²) in [5.74, 6) is -1.67. The van der Waals surface area contributed by atoms with Crippen molar-refractivity contribution in [1.29, 1.82) is 0 Å². The Balaban J connectivity index is 1.61. The zero-order chi connectivity index (χ0) is 20.7. The predicted octanol–water partition coefficient (Wildman–Crippen LogP) is 2.90. The van der Waals surface area contributed by atoms with E-state index in [4.69, 9.17) is 5.73 Å². The van der Waals surface area contributed by atoms with Crippen LogP contribution in [-0.2, 0) is 13.0 Å². The number of anilines is 1. The van der Waals surface area contributed by atoms with E-state index in [-0.39, 0.29) is 17.3 Å². The van der Waals surface area contributed by atoms with Crippen LogP contribution in [0.25, 0.3) is 28.2 Å². The minimum atomic E-state index is -1.04. The van der Waals surface area contributed by atoms with Crippen molar-refractivity contribution in [2.24, 2.45) is 0 Å². The first kappa shape index (κ1) is 18.3. The number of fused-ring (bicyclic) bond motifs is 1. The van der Waals surface area contributed by atoms with E-state index in [1.165, 1.54) is 23.3 Å². The van der Waals surface area contributed by atoms with Gasteiger partial charge in [0.25, 0.3) is 0 Å². The van der Waals surface area contributed by atoms with Crippen LogP contribution in [0.2, 0.25) is 0 Å². The fraction of sp³-hybridized carbons (Fsp3) is 0.143. The molecule has 3 N–H and O–H groups in total. The minimum absolute atomic E-state index is 0.110. The highest BCUT2D eigenvalue weighted by molar-refractivity contribution is 5.77. The lowest BCUT2D eigenvalue weighted by molar-refractivity contribution is 0.501. The molecule has 2 aromatic carbocycles. The van der Waals surface area contributed by atoms with Crippen LogP contribution in [-0.4, -0.2) is 31.7 Å². The minimum Gasteiger partial charge on any atom is -0.383 e. The Morgan fingerprint density at radius 1 is 1.03 bits per heavy atom. The molecule has 0 fully saturated rings. The van der Waals surface area contributed by atoms with Crippen molar-refractivity contribution < 1.29 is 8.78 Å². The molecule has 0 unspecified atom stereocenters. The molecule has 3 heterocycles. The van der Waals surface area contributed by atoms with Crippen molar-refractivity contribution in [3.63, 3.8) is 0 Å². The number of pyridine rings is 1. The third-order valence-electron chi connectivity index (χ3n) is 5.21. The molecule has 0 amide bonds. The van der Waals surface area contributed by atoms with Gasteiger partial charge in [-0.05, 0) is 58.3 Å². The fourth-order valence-electron chi connectivity index (χ4n) is 3.64. The molecule has 7 nitrogen and oxygen atoms in total. The Labute approximate surface area is 170 Å². The van der Waals surface area contributed by atoms with Crippen LogP contribution in [0, 0.1) is 11.6 Å². The molecule has 0 aliphatic carbocycles. The van der Waals surface area contributed by atoms with Crippen molar-refractivity contribution in [2.45, 2.75) is 13.0 Å². The summed E-state index contributed by atoms with van der Waals surface area (Å²) in [6.45, 7) is 1.80. The Kier molecular flexibility index (Phi) is 4.44. The number of hydrogen-bond acceptors (Lipinski definition) is 6. The highest BCUT2D eigenvalue weighted by Gasteiger charge is 2.20.